The molecule has 3 rings (SSSR count). The van der Waals surface area contributed by atoms with E-state index in [9.17, 15) is 35.9 Å². The molecule has 0 amide bonds. The van der Waals surface area contributed by atoms with Crippen LogP contribution in [0.3, 0.4) is 0 Å². The van der Waals surface area contributed by atoms with Crippen molar-refractivity contribution < 1.29 is 40.3 Å². The van der Waals surface area contributed by atoms with E-state index in [1.54, 1.807) is 6.07 Å². The molecule has 0 atom stereocenters. The summed E-state index contributed by atoms with van der Waals surface area (Å²) in [4.78, 5) is 24.3. The average Bonchev–Trinajstić information content (AvgIpc) is 3.19. The molecule has 1 aromatic heterocycles. The van der Waals surface area contributed by atoms with E-state index in [2.05, 4.69) is 0 Å². The first-order chi connectivity index (χ1) is 14.5. The van der Waals surface area contributed by atoms with Crippen LogP contribution in [0.4, 0.5) is 26.3 Å². The largest absolute Gasteiger partial charge is 0.457 e. The van der Waals surface area contributed by atoms with Gasteiger partial charge in [0.05, 0.1) is 11.1 Å². The fourth-order valence-electron chi connectivity index (χ4n) is 2.71. The van der Waals surface area contributed by atoms with E-state index < -0.39 is 35.1 Å². The Kier molecular flexibility index (Phi) is 5.88. The maximum absolute atomic E-state index is 13.0. The summed E-state index contributed by atoms with van der Waals surface area (Å²) in [7, 11) is 0. The number of allylic oxidation sites excluding steroid dienone is 1. The van der Waals surface area contributed by atoms with Crippen LogP contribution >= 0.6 is 0 Å². The molecule has 9 heteroatoms. The van der Waals surface area contributed by atoms with Crippen molar-refractivity contribution in [3.63, 3.8) is 0 Å². The van der Waals surface area contributed by atoms with Crippen LogP contribution in [0.1, 0.15) is 21.7 Å². The molecule has 0 saturated carbocycles. The number of alkyl halides is 6. The second-order valence-electron chi connectivity index (χ2n) is 6.36. The molecule has 3 aromatic rings. The normalized spacial score (nSPS) is 12.6. The van der Waals surface area contributed by atoms with E-state index in [0.717, 1.165) is 24.3 Å². The van der Waals surface area contributed by atoms with E-state index in [0.29, 0.717) is 6.08 Å². The van der Waals surface area contributed by atoms with Gasteiger partial charge in [0.25, 0.3) is 5.78 Å². The second kappa shape index (κ2) is 8.25. The van der Waals surface area contributed by atoms with Crippen molar-refractivity contribution in [1.82, 2.24) is 0 Å². The van der Waals surface area contributed by atoms with Gasteiger partial charge in [-0.2, -0.15) is 26.3 Å². The van der Waals surface area contributed by atoms with Gasteiger partial charge in [-0.1, -0.05) is 42.5 Å². The topological polar surface area (TPSA) is 47.3 Å². The molecule has 2 aromatic carbocycles. The minimum atomic E-state index is -5.31. The number of Topliss-reactive ketones (excluding diaryl/α,β-unsaturated/α-hetero) is 2. The van der Waals surface area contributed by atoms with Gasteiger partial charge in [-0.15, -0.1) is 0 Å². The van der Waals surface area contributed by atoms with E-state index >= 15 is 0 Å². The Hall–Kier alpha value is -3.62. The molecule has 0 spiro atoms. The number of hydrogen-bond donors (Lipinski definition) is 0. The van der Waals surface area contributed by atoms with Gasteiger partial charge in [0.2, 0.25) is 0 Å². The van der Waals surface area contributed by atoms with Gasteiger partial charge in [0.1, 0.15) is 11.5 Å². The quantitative estimate of drug-likeness (QED) is 0.153. The maximum Gasteiger partial charge on any atom is 0.455 e. The predicted molar refractivity (Wildman–Crippen MR) is 99.0 cm³/mol. The molecule has 0 saturated heterocycles. The van der Waals surface area contributed by atoms with E-state index in [1.807, 2.05) is 0 Å². The van der Waals surface area contributed by atoms with Crippen LogP contribution in [0.25, 0.3) is 17.4 Å². The molecule has 0 radical (unpaired) electrons. The van der Waals surface area contributed by atoms with Crippen LogP contribution in [-0.4, -0.2) is 17.7 Å². The third kappa shape index (κ3) is 5.11. The van der Waals surface area contributed by atoms with Crippen molar-refractivity contribution in [3.05, 3.63) is 89.2 Å². The molecule has 160 valence electrons. The van der Waals surface area contributed by atoms with Crippen LogP contribution in [0, 0.1) is 0 Å². The number of hydrogen-bond acceptors (Lipinski definition) is 3. The van der Waals surface area contributed by atoms with Gasteiger partial charge in [-0.05, 0) is 30.3 Å². The Labute approximate surface area is 171 Å². The molecule has 0 aliphatic heterocycles. The maximum atomic E-state index is 13.0. The molecule has 0 fully saturated rings. The third-order valence-electron chi connectivity index (χ3n) is 4.17. The van der Waals surface area contributed by atoms with Crippen LogP contribution in [0.15, 0.2) is 76.7 Å². The van der Waals surface area contributed by atoms with E-state index in [-0.39, 0.29) is 22.6 Å². The third-order valence-corrected chi connectivity index (χ3v) is 4.17. The number of rotatable bonds is 5. The molecule has 0 bridgehead atoms. The lowest BCUT2D eigenvalue weighted by Gasteiger charge is -2.09. The summed E-state index contributed by atoms with van der Waals surface area (Å²) in [6.07, 6.45) is -9.28. The van der Waals surface area contributed by atoms with Crippen LogP contribution in [0.5, 0.6) is 0 Å². The van der Waals surface area contributed by atoms with Gasteiger partial charge in [-0.25, -0.2) is 0 Å². The summed E-state index contributed by atoms with van der Waals surface area (Å²) in [5, 5.41) is 0. The fraction of sp³-hybridized carbons (Fsp3) is 0.0909. The first kappa shape index (κ1) is 22.1. The Balaban J connectivity index is 2.02. The number of carbonyl (C=O) groups excluding carboxylic acids is 2. The van der Waals surface area contributed by atoms with E-state index in [4.69, 9.17) is 4.42 Å². The Bertz CT molecular complexity index is 1140. The minimum Gasteiger partial charge on any atom is -0.457 e. The zero-order chi connectivity index (χ0) is 22.8. The lowest BCUT2D eigenvalue weighted by Crippen LogP contribution is -2.28. The molecule has 0 unspecified atom stereocenters. The second-order valence-corrected chi connectivity index (χ2v) is 6.36. The minimum absolute atomic E-state index is 0.0209. The summed E-state index contributed by atoms with van der Waals surface area (Å²) in [6, 6.07) is 13.4. The van der Waals surface area contributed by atoms with Gasteiger partial charge in [0, 0.05) is 11.1 Å². The highest BCUT2D eigenvalue weighted by molar-refractivity contribution is 6.30. The van der Waals surface area contributed by atoms with Crippen molar-refractivity contribution in [1.29, 1.82) is 0 Å². The van der Waals surface area contributed by atoms with Crippen molar-refractivity contribution in [2.45, 2.75) is 12.4 Å². The molecule has 3 nitrogen and oxygen atoms in total. The molecule has 0 aliphatic rings. The first-order valence-electron chi connectivity index (χ1n) is 8.67. The van der Waals surface area contributed by atoms with Gasteiger partial charge in [0.15, 0.2) is 5.78 Å². The summed E-state index contributed by atoms with van der Waals surface area (Å²) in [5.74, 6) is -3.91. The molecule has 31 heavy (non-hydrogen) atoms. The molecule has 0 aliphatic carbocycles. The summed E-state index contributed by atoms with van der Waals surface area (Å²) in [5.41, 5.74) is -2.24. The Morgan fingerprint density at radius 3 is 2.10 bits per heavy atom. The molecular formula is C22H12F6O3. The SMILES string of the molecule is O=C(/C(=C/c1ccc(-c2cccc(C(F)(F)F)c2)o1)C(=O)C(F)(F)F)c1ccccc1. The van der Waals surface area contributed by atoms with Gasteiger partial charge in [-0.3, -0.25) is 9.59 Å². The van der Waals surface area contributed by atoms with Crippen LogP contribution < -0.4 is 0 Å². The van der Waals surface area contributed by atoms with Crippen molar-refractivity contribution in [2.75, 3.05) is 0 Å². The van der Waals surface area contributed by atoms with Crippen molar-refractivity contribution in [2.24, 2.45) is 0 Å². The van der Waals surface area contributed by atoms with Crippen LogP contribution in [0.2, 0.25) is 0 Å². The van der Waals surface area contributed by atoms with Gasteiger partial charge < -0.3 is 4.42 Å². The number of furan rings is 1. The molecular weight excluding hydrogens is 426 g/mol. The van der Waals surface area contributed by atoms with Gasteiger partial charge >= 0.3 is 12.4 Å². The number of carbonyl (C=O) groups is 2. The number of benzene rings is 2. The Morgan fingerprint density at radius 1 is 0.806 bits per heavy atom. The highest BCUT2D eigenvalue weighted by atomic mass is 19.4. The monoisotopic (exact) mass is 438 g/mol. The van der Waals surface area contributed by atoms with Crippen molar-refractivity contribution in [3.8, 4) is 11.3 Å². The molecule has 0 N–H and O–H groups in total. The average molecular weight is 438 g/mol. The lowest BCUT2D eigenvalue weighted by atomic mass is 9.99. The Morgan fingerprint density at radius 2 is 1.48 bits per heavy atom. The number of halogens is 6. The lowest BCUT2D eigenvalue weighted by molar-refractivity contribution is -0.166. The fourth-order valence-corrected chi connectivity index (χ4v) is 2.71. The smallest absolute Gasteiger partial charge is 0.455 e. The summed E-state index contributed by atoms with van der Waals surface area (Å²) < 4.78 is 83.0. The predicted octanol–water partition coefficient (Wildman–Crippen LogP) is 6.36. The standard InChI is InChI=1S/C22H12F6O3/c23-21(24,25)15-8-4-7-14(11-15)18-10-9-16(31-18)12-17(20(30)22(26,27)28)19(29)13-5-2-1-3-6-13/h1-12H/b17-12-. The van der Waals surface area contributed by atoms with E-state index in [1.165, 1.54) is 36.4 Å². The molecule has 1 heterocycles. The number of ketones is 2. The first-order valence-corrected chi connectivity index (χ1v) is 8.67. The van der Waals surface area contributed by atoms with Crippen molar-refractivity contribution >= 4 is 17.6 Å². The highest BCUT2D eigenvalue weighted by Gasteiger charge is 2.43. The van der Waals surface area contributed by atoms with Crippen LogP contribution in [-0.2, 0) is 11.0 Å². The summed E-state index contributed by atoms with van der Waals surface area (Å²) >= 11 is 0. The zero-order valence-electron chi connectivity index (χ0n) is 15.4. The zero-order valence-corrected chi connectivity index (χ0v) is 15.4. The summed E-state index contributed by atoms with van der Waals surface area (Å²) in [6.45, 7) is 0. The highest BCUT2D eigenvalue weighted by Crippen LogP contribution is 2.33.